The number of hydrogen-bond donors (Lipinski definition) is 0. The molecule has 2 aliphatic rings. The minimum Gasteiger partial charge on any atom is -0.463 e. The second-order valence-corrected chi connectivity index (χ2v) is 8.58. The number of hydrogen-bond acceptors (Lipinski definition) is 4. The van der Waals surface area contributed by atoms with Gasteiger partial charge in [0, 0.05) is 36.2 Å². The third-order valence-electron chi connectivity index (χ3n) is 5.52. The lowest BCUT2D eigenvalue weighted by Crippen LogP contribution is -2.37. The van der Waals surface area contributed by atoms with Gasteiger partial charge in [0.25, 0.3) is 5.92 Å². The summed E-state index contributed by atoms with van der Waals surface area (Å²) in [5.41, 5.74) is 2.51. The Morgan fingerprint density at radius 2 is 1.85 bits per heavy atom. The van der Waals surface area contributed by atoms with E-state index < -0.39 is 11.3 Å². The highest BCUT2D eigenvalue weighted by molar-refractivity contribution is 9.10. The first kappa shape index (κ1) is 19.5. The Morgan fingerprint density at radius 1 is 1.27 bits per heavy atom. The van der Waals surface area contributed by atoms with Gasteiger partial charge in [-0.2, -0.15) is 0 Å². The number of esters is 1. The molecule has 0 unspecified atom stereocenters. The molecule has 1 saturated heterocycles. The van der Waals surface area contributed by atoms with Gasteiger partial charge < -0.3 is 9.64 Å². The van der Waals surface area contributed by atoms with Crippen LogP contribution < -0.4 is 4.90 Å². The summed E-state index contributed by atoms with van der Waals surface area (Å²) in [6, 6.07) is 0. The van der Waals surface area contributed by atoms with E-state index in [1.807, 2.05) is 27.7 Å². The summed E-state index contributed by atoms with van der Waals surface area (Å²) in [6.07, 6.45) is 0.908. The fourth-order valence-electron chi connectivity index (χ4n) is 3.92. The van der Waals surface area contributed by atoms with Crippen molar-refractivity contribution < 1.29 is 18.3 Å². The average Bonchev–Trinajstić information content (AvgIpc) is 3.06. The van der Waals surface area contributed by atoms with E-state index in [0.29, 0.717) is 25.9 Å². The second-order valence-electron chi connectivity index (χ2n) is 7.79. The molecule has 0 radical (unpaired) electrons. The smallest absolute Gasteiger partial charge is 0.310 e. The van der Waals surface area contributed by atoms with Crippen LogP contribution in [0, 0.1) is 19.3 Å². The molecule has 144 valence electrons. The number of alkyl halides is 2. The van der Waals surface area contributed by atoms with E-state index in [2.05, 4.69) is 25.8 Å². The third-order valence-corrected chi connectivity index (χ3v) is 6.47. The minimum absolute atomic E-state index is 0.0109. The molecule has 7 heteroatoms. The number of carbonyl (C=O) groups excluding carboxylic acids is 1. The molecular formula is C19H25BrF2N2O2. The molecule has 1 spiro atoms. The Labute approximate surface area is 161 Å². The van der Waals surface area contributed by atoms with Crippen LogP contribution in [-0.2, 0) is 16.0 Å². The topological polar surface area (TPSA) is 42.4 Å². The number of aromatic nitrogens is 1. The van der Waals surface area contributed by atoms with Gasteiger partial charge in [-0.3, -0.25) is 9.78 Å². The van der Waals surface area contributed by atoms with Gasteiger partial charge in [-0.25, -0.2) is 8.78 Å². The van der Waals surface area contributed by atoms with Crippen molar-refractivity contribution in [3.8, 4) is 0 Å². The standard InChI is InChI=1S/C19H25BrF2N2O2/c1-11(2)26-15(25)9-14-12(3)23-13(4)16(20)17(14)24-7-5-18(6-8-24)10-19(18,21)22/h11H,5-10H2,1-4H3. The maximum absolute atomic E-state index is 13.7. The highest BCUT2D eigenvalue weighted by Crippen LogP contribution is 2.66. The summed E-state index contributed by atoms with van der Waals surface area (Å²) < 4.78 is 33.5. The van der Waals surface area contributed by atoms with Crippen molar-refractivity contribution in [3.05, 3.63) is 21.4 Å². The van der Waals surface area contributed by atoms with Gasteiger partial charge in [0.2, 0.25) is 0 Å². The molecule has 1 saturated carbocycles. The molecule has 1 aliphatic carbocycles. The SMILES string of the molecule is Cc1nc(C)c(CC(=O)OC(C)C)c(N2CCC3(CC2)CC3(F)F)c1Br. The predicted molar refractivity (Wildman–Crippen MR) is 99.8 cm³/mol. The number of pyridine rings is 1. The molecule has 26 heavy (non-hydrogen) atoms. The molecule has 0 N–H and O–H groups in total. The van der Waals surface area contributed by atoms with Crippen molar-refractivity contribution in [2.75, 3.05) is 18.0 Å². The van der Waals surface area contributed by atoms with Crippen LogP contribution in [0.1, 0.15) is 50.1 Å². The van der Waals surface area contributed by atoms with Gasteiger partial charge >= 0.3 is 5.97 Å². The van der Waals surface area contributed by atoms with Gasteiger partial charge in [0.05, 0.1) is 28.4 Å². The zero-order chi connectivity index (χ0) is 19.3. The highest BCUT2D eigenvalue weighted by atomic mass is 79.9. The van der Waals surface area contributed by atoms with Crippen LogP contribution in [0.15, 0.2) is 4.47 Å². The fourth-order valence-corrected chi connectivity index (χ4v) is 4.49. The Balaban J connectivity index is 1.87. The van der Waals surface area contributed by atoms with Crippen LogP contribution in [-0.4, -0.2) is 36.1 Å². The molecule has 0 amide bonds. The molecule has 1 aromatic rings. The van der Waals surface area contributed by atoms with Gasteiger partial charge in [-0.1, -0.05) is 0 Å². The monoisotopic (exact) mass is 430 g/mol. The number of anilines is 1. The lowest BCUT2D eigenvalue weighted by Gasteiger charge is -2.36. The molecule has 0 bridgehead atoms. The molecule has 1 aromatic heterocycles. The summed E-state index contributed by atoms with van der Waals surface area (Å²) in [6.45, 7) is 8.52. The van der Waals surface area contributed by atoms with E-state index in [0.717, 1.165) is 27.1 Å². The summed E-state index contributed by atoms with van der Waals surface area (Å²) in [5.74, 6) is -2.81. The van der Waals surface area contributed by atoms with Crippen LogP contribution in [0.5, 0.6) is 0 Å². The number of carbonyl (C=O) groups is 1. The number of rotatable bonds is 4. The Morgan fingerprint density at radius 3 is 2.35 bits per heavy atom. The van der Waals surface area contributed by atoms with Crippen LogP contribution in [0.3, 0.4) is 0 Å². The summed E-state index contributed by atoms with van der Waals surface area (Å²) in [5, 5.41) is 0. The van der Waals surface area contributed by atoms with Gasteiger partial charge in [0.15, 0.2) is 0 Å². The van der Waals surface area contributed by atoms with Crippen molar-refractivity contribution in [1.29, 1.82) is 0 Å². The first-order valence-corrected chi connectivity index (χ1v) is 9.83. The Kier molecular flexibility index (Phi) is 5.05. The van der Waals surface area contributed by atoms with Crippen molar-refractivity contribution >= 4 is 27.6 Å². The Bertz CT molecular complexity index is 729. The van der Waals surface area contributed by atoms with E-state index in [1.54, 1.807) is 0 Å². The van der Waals surface area contributed by atoms with Gasteiger partial charge in [-0.05, 0) is 56.5 Å². The lowest BCUT2D eigenvalue weighted by molar-refractivity contribution is -0.146. The maximum atomic E-state index is 13.7. The van der Waals surface area contributed by atoms with E-state index in [-0.39, 0.29) is 24.9 Å². The number of piperidine rings is 1. The van der Waals surface area contributed by atoms with Crippen molar-refractivity contribution in [2.24, 2.45) is 5.41 Å². The van der Waals surface area contributed by atoms with Crippen LogP contribution >= 0.6 is 15.9 Å². The Hall–Kier alpha value is -1.24. The molecule has 4 nitrogen and oxygen atoms in total. The number of nitrogens with zero attached hydrogens (tertiary/aromatic N) is 2. The lowest BCUT2D eigenvalue weighted by atomic mass is 9.92. The van der Waals surface area contributed by atoms with Crippen LogP contribution in [0.2, 0.25) is 0 Å². The van der Waals surface area contributed by atoms with E-state index >= 15 is 0 Å². The van der Waals surface area contributed by atoms with Gasteiger partial charge in [0.1, 0.15) is 0 Å². The fraction of sp³-hybridized carbons (Fsp3) is 0.684. The molecule has 2 fully saturated rings. The minimum atomic E-state index is -2.51. The molecule has 3 rings (SSSR count). The molecule has 0 aromatic carbocycles. The van der Waals surface area contributed by atoms with Crippen LogP contribution in [0.25, 0.3) is 0 Å². The largest absolute Gasteiger partial charge is 0.463 e. The predicted octanol–water partition coefficient (Wildman–Crippen LogP) is 4.58. The normalized spacial score (nSPS) is 20.5. The number of halogens is 3. The first-order valence-electron chi connectivity index (χ1n) is 9.04. The molecular weight excluding hydrogens is 406 g/mol. The summed E-state index contributed by atoms with van der Waals surface area (Å²) >= 11 is 3.60. The first-order chi connectivity index (χ1) is 12.1. The third kappa shape index (κ3) is 3.47. The van der Waals surface area contributed by atoms with Gasteiger partial charge in [-0.15, -0.1) is 0 Å². The number of ether oxygens (including phenoxy) is 1. The average molecular weight is 431 g/mol. The summed E-state index contributed by atoms with van der Waals surface area (Å²) in [4.78, 5) is 18.9. The van der Waals surface area contributed by atoms with Crippen molar-refractivity contribution in [3.63, 3.8) is 0 Å². The molecule has 2 heterocycles. The van der Waals surface area contributed by atoms with E-state index in [1.165, 1.54) is 0 Å². The molecule has 1 aliphatic heterocycles. The number of aryl methyl sites for hydroxylation is 2. The highest BCUT2D eigenvalue weighted by Gasteiger charge is 2.70. The van der Waals surface area contributed by atoms with E-state index in [4.69, 9.17) is 4.74 Å². The van der Waals surface area contributed by atoms with E-state index in [9.17, 15) is 13.6 Å². The maximum Gasteiger partial charge on any atom is 0.310 e. The van der Waals surface area contributed by atoms with Crippen molar-refractivity contribution in [1.82, 2.24) is 4.98 Å². The zero-order valence-corrected chi connectivity index (χ0v) is 17.3. The second kappa shape index (κ2) is 6.73. The zero-order valence-electron chi connectivity index (χ0n) is 15.7. The van der Waals surface area contributed by atoms with Crippen molar-refractivity contribution in [2.45, 2.75) is 65.4 Å². The van der Waals surface area contributed by atoms with Crippen LogP contribution in [0.4, 0.5) is 14.5 Å². The molecule has 0 atom stereocenters. The summed E-state index contributed by atoms with van der Waals surface area (Å²) in [7, 11) is 0. The quantitative estimate of drug-likeness (QED) is 0.655.